The van der Waals surface area contributed by atoms with E-state index in [9.17, 15) is 28.5 Å². The number of ether oxygens (including phenoxy) is 2. The van der Waals surface area contributed by atoms with Crippen LogP contribution in [0.4, 0.5) is 9.18 Å². The standard InChI is InChI=1S/C33H30FN5O7/c34-25-13-7-12-24-28(25)30(40)36-35-29(24)32(42)46-23-11-6-10-22(18-23)27-19-37(16-17-39(27)44)31(41)26-14-4-5-15-38(26)33(43)45-20-21-8-2-1-3-9-21/h1-3,6-13,18,26-27H,4-5,14-17,19-20H2/p+1. The van der Waals surface area contributed by atoms with Crippen LogP contribution in [0.3, 0.4) is 0 Å². The van der Waals surface area contributed by atoms with Crippen molar-refractivity contribution in [3.63, 3.8) is 0 Å². The molecule has 3 aromatic carbocycles. The van der Waals surface area contributed by atoms with Gasteiger partial charge in [0.1, 0.15) is 24.2 Å². The normalized spacial score (nSPS) is 18.3. The van der Waals surface area contributed by atoms with E-state index in [0.717, 1.165) is 29.2 Å². The summed E-state index contributed by atoms with van der Waals surface area (Å²) in [5, 5.41) is 5.58. The highest BCUT2D eigenvalue weighted by molar-refractivity contribution is 6.03. The van der Waals surface area contributed by atoms with Gasteiger partial charge in [0.2, 0.25) is 18.5 Å². The van der Waals surface area contributed by atoms with E-state index in [1.54, 1.807) is 17.0 Å². The summed E-state index contributed by atoms with van der Waals surface area (Å²) in [6.45, 7) is 0.798. The number of esters is 1. The lowest BCUT2D eigenvalue weighted by molar-refractivity contribution is -0.602. The molecule has 6 rings (SSSR count). The van der Waals surface area contributed by atoms with E-state index < -0.39 is 35.5 Å². The second-order valence-corrected chi connectivity index (χ2v) is 11.2. The number of aromatic nitrogens is 2. The van der Waals surface area contributed by atoms with Gasteiger partial charge < -0.3 is 14.4 Å². The molecule has 13 heteroatoms. The smallest absolute Gasteiger partial charge is 0.410 e. The predicted molar refractivity (Wildman–Crippen MR) is 163 cm³/mol. The Kier molecular flexibility index (Phi) is 8.81. The summed E-state index contributed by atoms with van der Waals surface area (Å²) in [6.07, 6.45) is 1.47. The van der Waals surface area contributed by atoms with Crippen molar-refractivity contribution >= 4 is 28.7 Å². The van der Waals surface area contributed by atoms with Crippen molar-refractivity contribution in [2.24, 2.45) is 0 Å². The first kappa shape index (κ1) is 30.6. The summed E-state index contributed by atoms with van der Waals surface area (Å²) < 4.78 is 26.2. The molecule has 236 valence electrons. The Morgan fingerprint density at radius 2 is 1.80 bits per heavy atom. The number of nitrogens with one attached hydrogen (secondary N) is 1. The first-order valence-electron chi connectivity index (χ1n) is 15.0. The molecule has 2 saturated heterocycles. The van der Waals surface area contributed by atoms with Gasteiger partial charge in [0.15, 0.2) is 5.69 Å². The Morgan fingerprint density at radius 3 is 2.63 bits per heavy atom. The molecule has 4 aromatic rings. The minimum absolute atomic E-state index is 0.00206. The van der Waals surface area contributed by atoms with E-state index in [1.165, 1.54) is 29.2 Å². The number of likely N-dealkylation sites (tertiary alicyclic amines) is 1. The van der Waals surface area contributed by atoms with E-state index in [0.29, 0.717) is 18.5 Å². The molecule has 0 bridgehead atoms. The molecule has 0 aliphatic carbocycles. The number of H-pyrrole nitrogens is 1. The van der Waals surface area contributed by atoms with Crippen LogP contribution in [0.15, 0.2) is 77.6 Å². The molecule has 2 aliphatic rings. The van der Waals surface area contributed by atoms with Gasteiger partial charge in [0, 0.05) is 27.2 Å². The first-order chi connectivity index (χ1) is 22.3. The Bertz CT molecular complexity index is 1860. The van der Waals surface area contributed by atoms with Crippen LogP contribution >= 0.6 is 0 Å². The Hall–Kier alpha value is -5.46. The third kappa shape index (κ3) is 6.34. The van der Waals surface area contributed by atoms with E-state index in [1.807, 2.05) is 30.3 Å². The highest BCUT2D eigenvalue weighted by Crippen LogP contribution is 2.28. The number of nitroso groups, excluding NO2 is 1. The number of aromatic amines is 1. The monoisotopic (exact) mass is 628 g/mol. The molecule has 0 saturated carbocycles. The highest BCUT2D eigenvalue weighted by Gasteiger charge is 2.42. The van der Waals surface area contributed by atoms with Crippen LogP contribution in [0.5, 0.6) is 5.75 Å². The van der Waals surface area contributed by atoms with Crippen LogP contribution in [0.2, 0.25) is 0 Å². The predicted octanol–water partition coefficient (Wildman–Crippen LogP) is 4.13. The van der Waals surface area contributed by atoms with Crippen molar-refractivity contribution in [3.05, 3.63) is 111 Å². The zero-order chi connectivity index (χ0) is 32.2. The minimum Gasteiger partial charge on any atom is -0.445 e. The van der Waals surface area contributed by atoms with Gasteiger partial charge in [-0.25, -0.2) is 19.1 Å². The summed E-state index contributed by atoms with van der Waals surface area (Å²) in [6, 6.07) is 18.0. The number of halogens is 1. The number of amides is 2. The number of piperidine rings is 1. The molecule has 2 aliphatic heterocycles. The van der Waals surface area contributed by atoms with Crippen LogP contribution in [-0.4, -0.2) is 74.9 Å². The van der Waals surface area contributed by atoms with E-state index in [2.05, 4.69) is 10.2 Å². The van der Waals surface area contributed by atoms with E-state index in [-0.39, 0.29) is 54.4 Å². The molecule has 3 heterocycles. The largest absolute Gasteiger partial charge is 0.445 e. The average Bonchev–Trinajstić information content (AvgIpc) is 3.08. The quantitative estimate of drug-likeness (QED) is 0.191. The molecule has 12 nitrogen and oxygen atoms in total. The van der Waals surface area contributed by atoms with Crippen molar-refractivity contribution in [2.75, 3.05) is 26.2 Å². The summed E-state index contributed by atoms with van der Waals surface area (Å²) in [4.78, 5) is 68.0. The van der Waals surface area contributed by atoms with Crippen molar-refractivity contribution < 1.29 is 33.0 Å². The summed E-state index contributed by atoms with van der Waals surface area (Å²) in [5.74, 6) is -1.89. The molecule has 2 fully saturated rings. The second kappa shape index (κ2) is 13.3. The van der Waals surface area contributed by atoms with Gasteiger partial charge in [-0.2, -0.15) is 5.10 Å². The number of fused-ring (bicyclic) bond motifs is 1. The Morgan fingerprint density at radius 1 is 1.00 bits per heavy atom. The fraction of sp³-hybridized carbons (Fsp3) is 0.303. The van der Waals surface area contributed by atoms with Gasteiger partial charge in [-0.05, 0) is 43.0 Å². The van der Waals surface area contributed by atoms with Crippen molar-refractivity contribution in [1.82, 2.24) is 20.0 Å². The van der Waals surface area contributed by atoms with Crippen LogP contribution in [-0.2, 0) is 16.1 Å². The molecule has 2 amide bonds. The number of benzene rings is 3. The maximum absolute atomic E-state index is 14.3. The molecule has 1 aromatic heterocycles. The third-order valence-electron chi connectivity index (χ3n) is 8.28. The fourth-order valence-corrected chi connectivity index (χ4v) is 5.93. The zero-order valence-electron chi connectivity index (χ0n) is 24.8. The summed E-state index contributed by atoms with van der Waals surface area (Å²) in [7, 11) is 0. The van der Waals surface area contributed by atoms with Gasteiger partial charge in [0.25, 0.3) is 5.56 Å². The molecule has 2 atom stereocenters. The van der Waals surface area contributed by atoms with E-state index >= 15 is 0 Å². The Balaban J connectivity index is 1.15. The van der Waals surface area contributed by atoms with Gasteiger partial charge in [0.05, 0.1) is 18.5 Å². The number of carbonyl (C=O) groups excluding carboxylic acids is 3. The number of carbonyl (C=O) groups is 3. The first-order valence-corrected chi connectivity index (χ1v) is 15.0. The van der Waals surface area contributed by atoms with Gasteiger partial charge in [-0.3, -0.25) is 14.5 Å². The van der Waals surface area contributed by atoms with Crippen LogP contribution in [0.25, 0.3) is 10.8 Å². The number of hydrogen-bond acceptors (Lipinski definition) is 8. The highest BCUT2D eigenvalue weighted by atomic mass is 19.1. The fourth-order valence-electron chi connectivity index (χ4n) is 5.93. The number of piperazine rings is 1. The molecule has 0 spiro atoms. The molecular weight excluding hydrogens is 597 g/mol. The average molecular weight is 629 g/mol. The van der Waals surface area contributed by atoms with Crippen molar-refractivity contribution in [2.45, 2.75) is 38.0 Å². The van der Waals surface area contributed by atoms with Crippen LogP contribution < -0.4 is 10.3 Å². The van der Waals surface area contributed by atoms with E-state index in [4.69, 9.17) is 9.47 Å². The minimum atomic E-state index is -0.931. The lowest BCUT2D eigenvalue weighted by Crippen LogP contribution is -2.56. The SMILES string of the molecule is O=C(Oc1cccc(C2CN(C(=O)C3CCCCN3C(=O)OCc3ccccc3)CC[N+]2=O)c1)c1n[nH]c(=O)c2c(F)cccc12. The molecule has 1 N–H and O–H groups in total. The van der Waals surface area contributed by atoms with Crippen molar-refractivity contribution in [3.8, 4) is 5.75 Å². The maximum Gasteiger partial charge on any atom is 0.410 e. The molecular formula is C33H31FN5O7+. The van der Waals surface area contributed by atoms with Gasteiger partial charge in [-0.1, -0.05) is 54.6 Å². The topological polar surface area (TPSA) is 142 Å². The maximum atomic E-state index is 14.3. The lowest BCUT2D eigenvalue weighted by atomic mass is 9.99. The number of nitrogens with zero attached hydrogens (tertiary/aromatic N) is 4. The third-order valence-corrected chi connectivity index (χ3v) is 8.28. The van der Waals surface area contributed by atoms with Gasteiger partial charge >= 0.3 is 12.1 Å². The van der Waals surface area contributed by atoms with Gasteiger partial charge in [-0.15, -0.1) is 0 Å². The molecule has 2 unspecified atom stereocenters. The lowest BCUT2D eigenvalue weighted by Gasteiger charge is -2.38. The molecule has 0 radical (unpaired) electrons. The zero-order valence-corrected chi connectivity index (χ0v) is 24.8. The summed E-state index contributed by atoms with van der Waals surface area (Å²) >= 11 is 0. The van der Waals surface area contributed by atoms with Crippen LogP contribution in [0.1, 0.15) is 46.9 Å². The van der Waals surface area contributed by atoms with Crippen LogP contribution in [0, 0.1) is 10.7 Å². The number of hydrogen-bond donors (Lipinski definition) is 1. The van der Waals surface area contributed by atoms with Crippen molar-refractivity contribution in [1.29, 1.82) is 0 Å². The molecule has 46 heavy (non-hydrogen) atoms. The summed E-state index contributed by atoms with van der Waals surface area (Å²) in [5.41, 5.74) is 0.291. The second-order valence-electron chi connectivity index (χ2n) is 11.2. The Labute approximate surface area is 262 Å². The number of rotatable bonds is 6.